The van der Waals surface area contributed by atoms with Crippen molar-refractivity contribution in [2.45, 2.75) is 19.2 Å². The van der Waals surface area contributed by atoms with Crippen molar-refractivity contribution < 1.29 is 9.90 Å². The van der Waals surface area contributed by atoms with Gasteiger partial charge in [0.25, 0.3) is 0 Å². The van der Waals surface area contributed by atoms with E-state index in [-0.39, 0.29) is 17.4 Å². The van der Waals surface area contributed by atoms with Gasteiger partial charge in [-0.25, -0.2) is 0 Å². The van der Waals surface area contributed by atoms with Gasteiger partial charge in [-0.1, -0.05) is 6.92 Å². The fourth-order valence-electron chi connectivity index (χ4n) is 1.07. The van der Waals surface area contributed by atoms with E-state index < -0.39 is 0 Å². The summed E-state index contributed by atoms with van der Waals surface area (Å²) in [4.78, 5) is 11.3. The Hall–Kier alpha value is -1.02. The first kappa shape index (κ1) is 10.1. The minimum absolute atomic E-state index is 0.0615. The summed E-state index contributed by atoms with van der Waals surface area (Å²) in [6.07, 6.45) is 0.465. The third kappa shape index (κ3) is 2.22. The number of hydrogen-bond acceptors (Lipinski definition) is 2. The van der Waals surface area contributed by atoms with Crippen molar-refractivity contribution in [2.24, 2.45) is 0 Å². The summed E-state index contributed by atoms with van der Waals surface area (Å²) in [7, 11) is 0. The van der Waals surface area contributed by atoms with Crippen LogP contribution in [0, 0.1) is 0 Å². The Bertz CT molecular complexity index is 321. The summed E-state index contributed by atoms with van der Waals surface area (Å²) in [6.45, 7) is 1.80. The van der Waals surface area contributed by atoms with Gasteiger partial charge in [0.2, 0.25) is 0 Å². The van der Waals surface area contributed by atoms with E-state index >= 15 is 0 Å². The van der Waals surface area contributed by atoms with Gasteiger partial charge in [-0.3, -0.25) is 4.79 Å². The van der Waals surface area contributed by atoms with Crippen molar-refractivity contribution in [1.82, 2.24) is 0 Å². The SMILES string of the molecule is CCC(=O)c1ccc(O)c(CCl)c1. The van der Waals surface area contributed by atoms with Gasteiger partial charge in [0, 0.05) is 17.5 Å². The highest BCUT2D eigenvalue weighted by Gasteiger charge is 2.06. The molecule has 0 radical (unpaired) electrons. The van der Waals surface area contributed by atoms with Gasteiger partial charge in [-0.05, 0) is 18.2 Å². The predicted octanol–water partition coefficient (Wildman–Crippen LogP) is 2.72. The normalized spacial score (nSPS) is 10.0. The molecule has 13 heavy (non-hydrogen) atoms. The average Bonchev–Trinajstić information content (AvgIpc) is 2.17. The molecule has 0 aliphatic heterocycles. The van der Waals surface area contributed by atoms with Gasteiger partial charge in [0.15, 0.2) is 5.78 Å². The molecule has 2 nitrogen and oxygen atoms in total. The molecule has 70 valence electrons. The van der Waals surface area contributed by atoms with Crippen LogP contribution < -0.4 is 0 Å². The maximum atomic E-state index is 11.3. The number of halogens is 1. The zero-order valence-electron chi connectivity index (χ0n) is 7.38. The van der Waals surface area contributed by atoms with Crippen molar-refractivity contribution in [1.29, 1.82) is 0 Å². The molecular formula is C10H11ClO2. The fourth-order valence-corrected chi connectivity index (χ4v) is 1.28. The molecule has 0 aliphatic rings. The Labute approximate surface area is 82.2 Å². The largest absolute Gasteiger partial charge is 0.508 e. The summed E-state index contributed by atoms with van der Waals surface area (Å²) in [5.74, 6) is 0.422. The van der Waals surface area contributed by atoms with E-state index in [4.69, 9.17) is 11.6 Å². The number of carbonyl (C=O) groups excluding carboxylic acids is 1. The minimum atomic E-state index is 0.0615. The van der Waals surface area contributed by atoms with E-state index in [1.807, 2.05) is 0 Å². The van der Waals surface area contributed by atoms with Crippen LogP contribution in [0.2, 0.25) is 0 Å². The predicted molar refractivity (Wildman–Crippen MR) is 52.3 cm³/mol. The maximum Gasteiger partial charge on any atom is 0.162 e. The van der Waals surface area contributed by atoms with E-state index in [9.17, 15) is 9.90 Å². The maximum absolute atomic E-state index is 11.3. The zero-order valence-corrected chi connectivity index (χ0v) is 8.14. The van der Waals surface area contributed by atoms with Crippen LogP contribution >= 0.6 is 11.6 Å². The monoisotopic (exact) mass is 198 g/mol. The molecule has 1 aromatic rings. The van der Waals surface area contributed by atoms with Crippen molar-refractivity contribution in [3.8, 4) is 5.75 Å². The quantitative estimate of drug-likeness (QED) is 0.599. The number of ketones is 1. The molecule has 1 N–H and O–H groups in total. The van der Waals surface area contributed by atoms with Crippen LogP contribution in [0.15, 0.2) is 18.2 Å². The lowest BCUT2D eigenvalue weighted by atomic mass is 10.1. The van der Waals surface area contributed by atoms with Gasteiger partial charge in [-0.15, -0.1) is 11.6 Å². The molecule has 0 fully saturated rings. The lowest BCUT2D eigenvalue weighted by Gasteiger charge is -2.03. The molecule has 3 heteroatoms. The van der Waals surface area contributed by atoms with E-state index in [1.165, 1.54) is 6.07 Å². The number of carbonyl (C=O) groups is 1. The van der Waals surface area contributed by atoms with Crippen molar-refractivity contribution >= 4 is 17.4 Å². The molecule has 0 spiro atoms. The van der Waals surface area contributed by atoms with Gasteiger partial charge in [0.1, 0.15) is 5.75 Å². The van der Waals surface area contributed by atoms with Crippen molar-refractivity contribution in [3.63, 3.8) is 0 Å². The lowest BCUT2D eigenvalue weighted by molar-refractivity contribution is 0.0988. The van der Waals surface area contributed by atoms with Gasteiger partial charge >= 0.3 is 0 Å². The first-order chi connectivity index (χ1) is 6.19. The molecule has 0 amide bonds. The number of benzene rings is 1. The first-order valence-corrected chi connectivity index (χ1v) is 4.63. The van der Waals surface area contributed by atoms with Gasteiger partial charge in [0.05, 0.1) is 5.88 Å². The molecule has 0 saturated heterocycles. The smallest absolute Gasteiger partial charge is 0.162 e. The van der Waals surface area contributed by atoms with Crippen LogP contribution in [-0.2, 0) is 5.88 Å². The topological polar surface area (TPSA) is 37.3 Å². The summed E-state index contributed by atoms with van der Waals surface area (Å²) in [6, 6.07) is 4.74. The highest BCUT2D eigenvalue weighted by atomic mass is 35.5. The number of phenols is 1. The number of aromatic hydroxyl groups is 1. The van der Waals surface area contributed by atoms with E-state index in [1.54, 1.807) is 19.1 Å². The number of hydrogen-bond donors (Lipinski definition) is 1. The van der Waals surface area contributed by atoms with Crippen LogP contribution in [-0.4, -0.2) is 10.9 Å². The van der Waals surface area contributed by atoms with Crippen molar-refractivity contribution in [3.05, 3.63) is 29.3 Å². The number of alkyl halides is 1. The first-order valence-electron chi connectivity index (χ1n) is 4.10. The van der Waals surface area contributed by atoms with Gasteiger partial charge < -0.3 is 5.11 Å². The Morgan fingerprint density at radius 3 is 2.77 bits per heavy atom. The molecule has 1 aromatic carbocycles. The Kier molecular flexibility index (Phi) is 3.32. The minimum Gasteiger partial charge on any atom is -0.508 e. The molecule has 0 saturated carbocycles. The summed E-state index contributed by atoms with van der Waals surface area (Å²) in [5, 5.41) is 9.29. The highest BCUT2D eigenvalue weighted by Crippen LogP contribution is 2.20. The van der Waals surface area contributed by atoms with Crippen LogP contribution in [0.4, 0.5) is 0 Å². The summed E-state index contributed by atoms with van der Waals surface area (Å²) < 4.78 is 0. The van der Waals surface area contributed by atoms with Crippen LogP contribution in [0.3, 0.4) is 0 Å². The van der Waals surface area contributed by atoms with Crippen molar-refractivity contribution in [2.75, 3.05) is 0 Å². The Morgan fingerprint density at radius 1 is 1.54 bits per heavy atom. The van der Waals surface area contributed by atoms with Crippen LogP contribution in [0.25, 0.3) is 0 Å². The summed E-state index contributed by atoms with van der Waals surface area (Å²) >= 11 is 5.58. The summed E-state index contributed by atoms with van der Waals surface area (Å²) in [5.41, 5.74) is 1.21. The molecule has 0 aromatic heterocycles. The van der Waals surface area contributed by atoms with Gasteiger partial charge in [-0.2, -0.15) is 0 Å². The molecule has 0 bridgehead atoms. The molecule has 0 atom stereocenters. The third-order valence-corrected chi connectivity index (χ3v) is 2.15. The average molecular weight is 199 g/mol. The van der Waals surface area contributed by atoms with Crippen LogP contribution in [0.5, 0.6) is 5.75 Å². The second-order valence-electron chi connectivity index (χ2n) is 2.75. The fraction of sp³-hybridized carbons (Fsp3) is 0.300. The molecule has 0 aliphatic carbocycles. The zero-order chi connectivity index (χ0) is 9.84. The lowest BCUT2D eigenvalue weighted by Crippen LogP contribution is -1.97. The number of rotatable bonds is 3. The third-order valence-electron chi connectivity index (χ3n) is 1.87. The molecular weight excluding hydrogens is 188 g/mol. The second kappa shape index (κ2) is 4.28. The molecule has 0 heterocycles. The highest BCUT2D eigenvalue weighted by molar-refractivity contribution is 6.17. The second-order valence-corrected chi connectivity index (χ2v) is 3.02. The van der Waals surface area contributed by atoms with E-state index in [2.05, 4.69) is 0 Å². The standard InChI is InChI=1S/C10H11ClO2/c1-2-9(12)7-3-4-10(13)8(5-7)6-11/h3-5,13H,2,6H2,1H3. The Morgan fingerprint density at radius 2 is 2.23 bits per heavy atom. The number of phenolic OH excluding ortho intramolecular Hbond substituents is 1. The van der Waals surface area contributed by atoms with Crippen LogP contribution in [0.1, 0.15) is 29.3 Å². The van der Waals surface area contributed by atoms with E-state index in [0.717, 1.165) is 0 Å². The number of Topliss-reactive ketones (excluding diaryl/α,β-unsaturated/α-hetero) is 1. The van der Waals surface area contributed by atoms with E-state index in [0.29, 0.717) is 17.5 Å². The molecule has 1 rings (SSSR count). The Balaban J connectivity index is 3.06. The molecule has 0 unspecified atom stereocenters.